The highest BCUT2D eigenvalue weighted by Gasteiger charge is 2.09. The second-order valence-electron chi connectivity index (χ2n) is 2.71. The monoisotopic (exact) mass is 218 g/mol. The number of aliphatic hydroxyl groups is 1. The lowest BCUT2D eigenvalue weighted by Gasteiger charge is -2.10. The number of ether oxygens (including phenoxy) is 1. The Hall–Kier alpha value is -1.01. The van der Waals surface area contributed by atoms with Gasteiger partial charge in [0.25, 0.3) is 0 Å². The summed E-state index contributed by atoms with van der Waals surface area (Å²) in [6.07, 6.45) is -0.813. The third-order valence-corrected chi connectivity index (χ3v) is 2.05. The lowest BCUT2D eigenvalue weighted by Crippen LogP contribution is -2.22. The first-order valence-electron chi connectivity index (χ1n) is 3.91. The Morgan fingerprint density at radius 1 is 1.79 bits per heavy atom. The van der Waals surface area contributed by atoms with Gasteiger partial charge in [-0.15, -0.1) is 0 Å². The quantitative estimate of drug-likeness (QED) is 0.263. The molecule has 0 aromatic rings. The fourth-order valence-electron chi connectivity index (χ4n) is 0.529. The summed E-state index contributed by atoms with van der Waals surface area (Å²) in [4.78, 5) is 10.9. The van der Waals surface area contributed by atoms with Crippen molar-refractivity contribution in [3.05, 3.63) is 12.2 Å². The van der Waals surface area contributed by atoms with Crippen molar-refractivity contribution in [3.8, 4) is 0 Å². The third-order valence-electron chi connectivity index (χ3n) is 1.19. The molecule has 0 aromatic heterocycles. The predicted molar refractivity (Wildman–Crippen MR) is 56.2 cm³/mol. The van der Waals surface area contributed by atoms with Gasteiger partial charge >= 0.3 is 5.97 Å². The lowest BCUT2D eigenvalue weighted by molar-refractivity contribution is -0.141. The zero-order valence-electron chi connectivity index (χ0n) is 7.95. The van der Waals surface area contributed by atoms with Crippen LogP contribution in [-0.2, 0) is 9.53 Å². The molecule has 0 aliphatic rings. The van der Waals surface area contributed by atoms with E-state index in [2.05, 4.69) is 11.3 Å². The molecule has 4 N–H and O–H groups in total. The maximum atomic E-state index is 10.9. The lowest BCUT2D eigenvalue weighted by atomic mass is 10.3. The van der Waals surface area contributed by atoms with Gasteiger partial charge in [0.15, 0.2) is 5.17 Å². The fraction of sp³-hybridized carbons (Fsp3) is 0.500. The number of carbonyl (C=O) groups is 1. The number of carbonyl (C=O) groups excluding carboxylic acids is 1. The van der Waals surface area contributed by atoms with Crippen molar-refractivity contribution in [1.82, 2.24) is 0 Å². The summed E-state index contributed by atoms with van der Waals surface area (Å²) in [5.74, 6) is -0.296. The van der Waals surface area contributed by atoms with Crippen LogP contribution >= 0.6 is 11.8 Å². The molecule has 0 aliphatic carbocycles. The second kappa shape index (κ2) is 6.44. The predicted octanol–water partition coefficient (Wildman–Crippen LogP) is 0.0933. The van der Waals surface area contributed by atoms with E-state index in [9.17, 15) is 9.90 Å². The Balaban J connectivity index is 3.63. The normalized spacial score (nSPS) is 11.9. The molecule has 0 heterocycles. The number of nitrogens with one attached hydrogen (secondary N) is 1. The van der Waals surface area contributed by atoms with E-state index in [1.807, 2.05) is 0 Å². The van der Waals surface area contributed by atoms with Gasteiger partial charge in [0.2, 0.25) is 0 Å². The SMILES string of the molecule is C=C(C)C(=O)OCC(O)CSC(=N)N. The fourth-order valence-corrected chi connectivity index (χ4v) is 0.997. The van der Waals surface area contributed by atoms with Gasteiger partial charge in [-0.25, -0.2) is 4.79 Å². The van der Waals surface area contributed by atoms with Crippen molar-refractivity contribution >= 4 is 22.9 Å². The van der Waals surface area contributed by atoms with Crippen LogP contribution in [0, 0.1) is 5.41 Å². The van der Waals surface area contributed by atoms with Crippen molar-refractivity contribution in [2.75, 3.05) is 12.4 Å². The van der Waals surface area contributed by atoms with E-state index >= 15 is 0 Å². The summed E-state index contributed by atoms with van der Waals surface area (Å²) >= 11 is 0.997. The summed E-state index contributed by atoms with van der Waals surface area (Å²) in [5.41, 5.74) is 5.35. The molecule has 0 aromatic carbocycles. The molecule has 6 heteroatoms. The van der Waals surface area contributed by atoms with Crippen molar-refractivity contribution in [1.29, 1.82) is 5.41 Å². The summed E-state index contributed by atoms with van der Waals surface area (Å²) < 4.78 is 4.68. The molecule has 1 atom stereocenters. The van der Waals surface area contributed by atoms with Crippen LogP contribution in [0.2, 0.25) is 0 Å². The number of amidine groups is 1. The van der Waals surface area contributed by atoms with Gasteiger partial charge in [0.05, 0.1) is 6.10 Å². The van der Waals surface area contributed by atoms with E-state index in [0.717, 1.165) is 11.8 Å². The minimum absolute atomic E-state index is 0.0738. The molecule has 0 aliphatic heterocycles. The molecule has 0 spiro atoms. The van der Waals surface area contributed by atoms with Crippen molar-refractivity contribution in [2.45, 2.75) is 13.0 Å². The number of aliphatic hydroxyl groups excluding tert-OH is 1. The van der Waals surface area contributed by atoms with E-state index in [4.69, 9.17) is 11.1 Å². The van der Waals surface area contributed by atoms with Crippen LogP contribution in [0.15, 0.2) is 12.2 Å². The number of hydrogen-bond donors (Lipinski definition) is 3. The maximum absolute atomic E-state index is 10.9. The number of esters is 1. The standard InChI is InChI=1S/C8H14N2O3S/c1-5(2)7(12)13-3-6(11)4-14-8(9)10/h6,11H,1,3-4H2,2H3,(H3,9,10). The first-order valence-corrected chi connectivity index (χ1v) is 4.89. The average Bonchev–Trinajstić information content (AvgIpc) is 2.10. The first kappa shape index (κ1) is 13.0. The molecular formula is C8H14N2O3S. The van der Waals surface area contributed by atoms with Crippen molar-refractivity contribution in [2.24, 2.45) is 5.73 Å². The Morgan fingerprint density at radius 2 is 2.36 bits per heavy atom. The van der Waals surface area contributed by atoms with Gasteiger partial charge in [-0.3, -0.25) is 5.41 Å². The molecule has 14 heavy (non-hydrogen) atoms. The van der Waals surface area contributed by atoms with Crippen LogP contribution in [0.4, 0.5) is 0 Å². The highest BCUT2D eigenvalue weighted by Crippen LogP contribution is 2.02. The molecule has 80 valence electrons. The minimum atomic E-state index is -0.813. The van der Waals surface area contributed by atoms with E-state index in [1.165, 1.54) is 6.92 Å². The number of thioether (sulfide) groups is 1. The smallest absolute Gasteiger partial charge is 0.333 e. The molecule has 1 unspecified atom stereocenters. The highest BCUT2D eigenvalue weighted by atomic mass is 32.2. The zero-order chi connectivity index (χ0) is 11.1. The summed E-state index contributed by atoms with van der Waals surface area (Å²) in [7, 11) is 0. The Kier molecular flexibility index (Phi) is 5.98. The summed E-state index contributed by atoms with van der Waals surface area (Å²) in [6, 6.07) is 0. The molecule has 5 nitrogen and oxygen atoms in total. The number of rotatable bonds is 5. The van der Waals surface area contributed by atoms with Crippen LogP contribution < -0.4 is 5.73 Å². The molecule has 0 radical (unpaired) electrons. The largest absolute Gasteiger partial charge is 0.460 e. The molecule has 0 saturated heterocycles. The van der Waals surface area contributed by atoms with Crippen LogP contribution in [0.5, 0.6) is 0 Å². The number of nitrogens with two attached hydrogens (primary N) is 1. The molecule has 0 amide bonds. The van der Waals surface area contributed by atoms with Crippen molar-refractivity contribution < 1.29 is 14.6 Å². The van der Waals surface area contributed by atoms with Crippen molar-refractivity contribution in [3.63, 3.8) is 0 Å². The summed E-state index contributed by atoms with van der Waals surface area (Å²) in [5, 5.41) is 16.1. The molecular weight excluding hydrogens is 204 g/mol. The van der Waals surface area contributed by atoms with E-state index in [0.29, 0.717) is 0 Å². The topological polar surface area (TPSA) is 96.4 Å². The Bertz CT molecular complexity index is 243. The van der Waals surface area contributed by atoms with E-state index in [-0.39, 0.29) is 23.1 Å². The van der Waals surface area contributed by atoms with Gasteiger partial charge in [0.1, 0.15) is 6.61 Å². The van der Waals surface area contributed by atoms with Crippen LogP contribution in [0.1, 0.15) is 6.92 Å². The number of hydrogen-bond acceptors (Lipinski definition) is 5. The van der Waals surface area contributed by atoms with Gasteiger partial charge in [0, 0.05) is 11.3 Å². The van der Waals surface area contributed by atoms with Crippen LogP contribution in [0.25, 0.3) is 0 Å². The maximum Gasteiger partial charge on any atom is 0.333 e. The third kappa shape index (κ3) is 6.50. The highest BCUT2D eigenvalue weighted by molar-refractivity contribution is 8.13. The molecule has 0 rings (SSSR count). The Labute approximate surface area is 86.8 Å². The van der Waals surface area contributed by atoms with Crippen LogP contribution in [-0.4, -0.2) is 34.7 Å². The summed E-state index contributed by atoms with van der Waals surface area (Å²) in [6.45, 7) is 4.81. The van der Waals surface area contributed by atoms with Gasteiger partial charge in [-0.05, 0) is 6.92 Å². The van der Waals surface area contributed by atoms with E-state index in [1.54, 1.807) is 0 Å². The van der Waals surface area contributed by atoms with Crippen LogP contribution in [0.3, 0.4) is 0 Å². The Morgan fingerprint density at radius 3 is 2.79 bits per heavy atom. The minimum Gasteiger partial charge on any atom is -0.460 e. The van der Waals surface area contributed by atoms with Gasteiger partial charge < -0.3 is 15.6 Å². The average molecular weight is 218 g/mol. The van der Waals surface area contributed by atoms with Gasteiger partial charge in [-0.1, -0.05) is 18.3 Å². The first-order chi connectivity index (χ1) is 6.43. The van der Waals surface area contributed by atoms with E-state index < -0.39 is 12.1 Å². The molecule has 0 fully saturated rings. The zero-order valence-corrected chi connectivity index (χ0v) is 8.76. The molecule has 0 bridgehead atoms. The van der Waals surface area contributed by atoms with Gasteiger partial charge in [-0.2, -0.15) is 0 Å². The second-order valence-corrected chi connectivity index (χ2v) is 3.77. The molecule has 0 saturated carbocycles.